The Morgan fingerprint density at radius 1 is 1.50 bits per heavy atom. The fraction of sp³-hybridized carbons (Fsp3) is 0.214. The molecule has 0 saturated carbocycles. The summed E-state index contributed by atoms with van der Waals surface area (Å²) in [5, 5.41) is 3.06. The highest BCUT2D eigenvalue weighted by Crippen LogP contribution is 2.42. The van der Waals surface area contributed by atoms with Gasteiger partial charge in [0.25, 0.3) is 0 Å². The summed E-state index contributed by atoms with van der Waals surface area (Å²) in [6.45, 7) is 1.09. The van der Waals surface area contributed by atoms with Crippen LogP contribution in [0.4, 0.5) is 15.8 Å². The predicted molar refractivity (Wildman–Crippen MR) is 71.4 cm³/mol. The molecule has 0 radical (unpaired) electrons. The number of rotatable bonds is 1. The quantitative estimate of drug-likeness (QED) is 0.618. The minimum absolute atomic E-state index is 0.140. The van der Waals surface area contributed by atoms with Gasteiger partial charge in [-0.15, -0.1) is 0 Å². The average molecular weight is 274 g/mol. The summed E-state index contributed by atoms with van der Waals surface area (Å²) in [5.74, 6) is 0.764. The summed E-state index contributed by atoms with van der Waals surface area (Å²) < 4.78 is 18.3. The lowest BCUT2D eigenvalue weighted by Crippen LogP contribution is -2.38. The number of halogens is 1. The fourth-order valence-electron chi connectivity index (χ4n) is 2.54. The minimum atomic E-state index is -0.541. The summed E-state index contributed by atoms with van der Waals surface area (Å²) in [6, 6.07) is 2.61. The maximum absolute atomic E-state index is 13.6. The van der Waals surface area contributed by atoms with Crippen LogP contribution >= 0.6 is 0 Å². The Labute approximate surface area is 114 Å². The van der Waals surface area contributed by atoms with Gasteiger partial charge in [-0.25, -0.2) is 14.0 Å². The highest BCUT2D eigenvalue weighted by Gasteiger charge is 2.32. The summed E-state index contributed by atoms with van der Waals surface area (Å²) >= 11 is 0. The van der Waals surface area contributed by atoms with Crippen LogP contribution in [0.1, 0.15) is 5.56 Å². The first kappa shape index (κ1) is 12.4. The van der Waals surface area contributed by atoms with E-state index in [0.717, 1.165) is 0 Å². The second-order valence-corrected chi connectivity index (χ2v) is 4.46. The molecule has 1 aromatic rings. The Morgan fingerprint density at radius 2 is 2.30 bits per heavy atom. The van der Waals surface area contributed by atoms with Crippen molar-refractivity contribution in [2.75, 3.05) is 30.4 Å². The Bertz CT molecular complexity index is 690. The molecule has 0 fully saturated rings. The number of carbonyl (C=O) groups excluding carboxylic acids is 2. The monoisotopic (exact) mass is 274 g/mol. The molecule has 1 N–H and O–H groups in total. The topological polar surface area (TPSA) is 58.6 Å². The van der Waals surface area contributed by atoms with Crippen LogP contribution in [0.5, 0.6) is 0 Å². The van der Waals surface area contributed by atoms with Crippen LogP contribution in [-0.2, 0) is 14.3 Å². The van der Waals surface area contributed by atoms with Gasteiger partial charge in [0, 0.05) is 18.7 Å². The molecule has 0 unspecified atom stereocenters. The molecule has 0 aliphatic carbocycles. The van der Waals surface area contributed by atoms with Gasteiger partial charge in [-0.2, -0.15) is 0 Å². The third kappa shape index (κ3) is 1.70. The van der Waals surface area contributed by atoms with Crippen molar-refractivity contribution in [3.8, 4) is 0 Å². The van der Waals surface area contributed by atoms with E-state index < -0.39 is 11.8 Å². The second kappa shape index (κ2) is 4.51. The number of nitrogens with zero attached hydrogens (tertiary/aromatic N) is 1. The molecule has 5 nitrogen and oxygen atoms in total. The standard InChI is InChI=1S/C14H11FN2O3/c1-20-14(19)12-4-8(7-18)10-5-9(15)6-11-13(10)17(12)3-2-16-11/h4-6,16H,2-3H2,1H3. The van der Waals surface area contributed by atoms with Crippen LogP contribution < -0.4 is 10.2 Å². The molecule has 0 saturated heterocycles. The number of hydrogen-bond donors (Lipinski definition) is 1. The van der Waals surface area contributed by atoms with Crippen molar-refractivity contribution in [3.05, 3.63) is 35.3 Å². The van der Waals surface area contributed by atoms with Crippen LogP contribution in [0.25, 0.3) is 5.57 Å². The van der Waals surface area contributed by atoms with Crippen molar-refractivity contribution in [3.63, 3.8) is 0 Å². The zero-order chi connectivity index (χ0) is 14.3. The third-order valence-electron chi connectivity index (χ3n) is 3.36. The zero-order valence-electron chi connectivity index (χ0n) is 10.7. The van der Waals surface area contributed by atoms with Gasteiger partial charge in [0.05, 0.1) is 24.1 Å². The van der Waals surface area contributed by atoms with Crippen LogP contribution in [0.2, 0.25) is 0 Å². The van der Waals surface area contributed by atoms with E-state index in [1.54, 1.807) is 10.8 Å². The minimum Gasteiger partial charge on any atom is -0.464 e. The lowest BCUT2D eigenvalue weighted by Gasteiger charge is -2.36. The summed E-state index contributed by atoms with van der Waals surface area (Å²) in [7, 11) is 1.27. The molecule has 0 spiro atoms. The van der Waals surface area contributed by atoms with Gasteiger partial charge in [0.15, 0.2) is 0 Å². The van der Waals surface area contributed by atoms with Crippen LogP contribution in [0.15, 0.2) is 23.9 Å². The fourth-order valence-corrected chi connectivity index (χ4v) is 2.54. The number of ether oxygens (including phenoxy) is 1. The summed E-state index contributed by atoms with van der Waals surface area (Å²) in [5.41, 5.74) is 1.98. The van der Waals surface area contributed by atoms with Gasteiger partial charge in [-0.05, 0) is 18.2 Å². The van der Waals surface area contributed by atoms with Gasteiger partial charge in [0.1, 0.15) is 17.5 Å². The first-order valence-corrected chi connectivity index (χ1v) is 6.06. The normalized spacial score (nSPS) is 15.8. The van der Waals surface area contributed by atoms with Crippen molar-refractivity contribution in [1.82, 2.24) is 0 Å². The van der Waals surface area contributed by atoms with Crippen molar-refractivity contribution >= 4 is 28.9 Å². The third-order valence-corrected chi connectivity index (χ3v) is 3.36. The largest absolute Gasteiger partial charge is 0.464 e. The number of allylic oxidation sites excluding steroid dienone is 2. The summed E-state index contributed by atoms with van der Waals surface area (Å²) in [6.07, 6.45) is 1.38. The Balaban J connectivity index is 2.27. The number of carbonyl (C=O) groups is 1. The Morgan fingerprint density at radius 3 is 3.00 bits per heavy atom. The SMILES string of the molecule is COC(=O)C1=CC(=C=O)c2cc(F)cc3c2N1CCN3. The van der Waals surface area contributed by atoms with Gasteiger partial charge in [0.2, 0.25) is 0 Å². The highest BCUT2D eigenvalue weighted by atomic mass is 19.1. The molecule has 0 aromatic heterocycles. The number of methoxy groups -OCH3 is 1. The van der Waals surface area contributed by atoms with Crippen molar-refractivity contribution in [2.24, 2.45) is 0 Å². The van der Waals surface area contributed by atoms with E-state index in [4.69, 9.17) is 4.74 Å². The Kier molecular flexibility index (Phi) is 2.80. The lowest BCUT2D eigenvalue weighted by molar-refractivity contribution is -0.136. The molecular weight excluding hydrogens is 263 g/mol. The predicted octanol–water partition coefficient (Wildman–Crippen LogP) is 1.34. The molecule has 0 atom stereocenters. The molecule has 2 heterocycles. The molecule has 6 heteroatoms. The number of anilines is 2. The van der Waals surface area contributed by atoms with Crippen LogP contribution in [0.3, 0.4) is 0 Å². The van der Waals surface area contributed by atoms with Gasteiger partial charge >= 0.3 is 5.97 Å². The number of nitrogens with one attached hydrogen (secondary N) is 1. The maximum atomic E-state index is 13.6. The van der Waals surface area contributed by atoms with E-state index in [1.807, 2.05) is 0 Å². The molecule has 1 aromatic carbocycles. The van der Waals surface area contributed by atoms with E-state index in [0.29, 0.717) is 30.0 Å². The van der Waals surface area contributed by atoms with E-state index in [2.05, 4.69) is 5.32 Å². The maximum Gasteiger partial charge on any atom is 0.354 e. The molecule has 0 bridgehead atoms. The van der Waals surface area contributed by atoms with Crippen molar-refractivity contribution < 1.29 is 18.7 Å². The first-order valence-electron chi connectivity index (χ1n) is 6.06. The van der Waals surface area contributed by atoms with Gasteiger partial charge in [-0.1, -0.05) is 0 Å². The molecule has 2 aliphatic rings. The molecule has 102 valence electrons. The molecule has 20 heavy (non-hydrogen) atoms. The second-order valence-electron chi connectivity index (χ2n) is 4.46. The first-order chi connectivity index (χ1) is 9.65. The van der Waals surface area contributed by atoms with Gasteiger partial charge in [-0.3, -0.25) is 0 Å². The Hall–Kier alpha value is -2.59. The van der Waals surface area contributed by atoms with Crippen molar-refractivity contribution in [1.29, 1.82) is 0 Å². The number of benzene rings is 1. The number of hydrogen-bond acceptors (Lipinski definition) is 5. The van der Waals surface area contributed by atoms with Gasteiger partial charge < -0.3 is 15.0 Å². The molecule has 2 aliphatic heterocycles. The molecule has 0 amide bonds. The van der Waals surface area contributed by atoms with E-state index in [9.17, 15) is 14.0 Å². The highest BCUT2D eigenvalue weighted by molar-refractivity contribution is 6.09. The van der Waals surface area contributed by atoms with Crippen molar-refractivity contribution in [2.45, 2.75) is 0 Å². The van der Waals surface area contributed by atoms with Crippen LogP contribution in [-0.4, -0.2) is 32.1 Å². The smallest absolute Gasteiger partial charge is 0.354 e. The van der Waals surface area contributed by atoms with E-state index >= 15 is 0 Å². The zero-order valence-corrected chi connectivity index (χ0v) is 10.7. The summed E-state index contributed by atoms with van der Waals surface area (Å²) in [4.78, 5) is 24.7. The molecule has 3 rings (SSSR count). The van der Waals surface area contributed by atoms with E-state index in [-0.39, 0.29) is 11.3 Å². The van der Waals surface area contributed by atoms with E-state index in [1.165, 1.54) is 25.3 Å². The lowest BCUT2D eigenvalue weighted by atomic mass is 9.95. The molecular formula is C14H11FN2O3. The van der Waals surface area contributed by atoms with Crippen LogP contribution in [0, 0.1) is 5.82 Å². The average Bonchev–Trinajstić information content (AvgIpc) is 2.46. The number of esters is 1.